The Labute approximate surface area is 117 Å². The number of aromatic nitrogens is 2. The summed E-state index contributed by atoms with van der Waals surface area (Å²) in [6.07, 6.45) is 2.58. The molecule has 5 nitrogen and oxygen atoms in total. The summed E-state index contributed by atoms with van der Waals surface area (Å²) in [5.41, 5.74) is 4.72. The fraction of sp³-hybridized carbons (Fsp3) is 0.308. The van der Waals surface area contributed by atoms with Gasteiger partial charge in [0.25, 0.3) is 0 Å². The quantitative estimate of drug-likeness (QED) is 0.648. The van der Waals surface area contributed by atoms with Crippen LogP contribution < -0.4 is 16.0 Å². The molecule has 19 heavy (non-hydrogen) atoms. The van der Waals surface area contributed by atoms with Gasteiger partial charge in [-0.1, -0.05) is 17.7 Å². The minimum absolute atomic E-state index is 0.0814. The number of aryl methyl sites for hydroxylation is 1. The molecule has 0 saturated carbocycles. The summed E-state index contributed by atoms with van der Waals surface area (Å²) in [4.78, 5) is 0. The molecule has 2 rings (SSSR count). The summed E-state index contributed by atoms with van der Waals surface area (Å²) < 4.78 is 7.11. The van der Waals surface area contributed by atoms with Crippen LogP contribution in [-0.4, -0.2) is 16.9 Å². The Morgan fingerprint density at radius 1 is 1.47 bits per heavy atom. The van der Waals surface area contributed by atoms with Gasteiger partial charge in [0, 0.05) is 30.3 Å². The molecule has 1 aromatic heterocycles. The van der Waals surface area contributed by atoms with Gasteiger partial charge in [-0.05, 0) is 18.2 Å². The molecule has 1 unspecified atom stereocenters. The summed E-state index contributed by atoms with van der Waals surface area (Å²) in [7, 11) is 3.50. The lowest BCUT2D eigenvalue weighted by atomic mass is 10.0. The van der Waals surface area contributed by atoms with Crippen LogP contribution in [-0.2, 0) is 13.5 Å². The molecule has 0 aliphatic rings. The molecule has 0 aliphatic heterocycles. The zero-order chi connectivity index (χ0) is 13.8. The summed E-state index contributed by atoms with van der Waals surface area (Å²) in [6, 6.07) is 7.39. The van der Waals surface area contributed by atoms with Gasteiger partial charge in [-0.15, -0.1) is 0 Å². The van der Waals surface area contributed by atoms with E-state index in [1.807, 2.05) is 31.4 Å². The number of methoxy groups -OCH3 is 1. The zero-order valence-electron chi connectivity index (χ0n) is 10.9. The molecule has 102 valence electrons. The smallest absolute Gasteiger partial charge is 0.125 e. The normalized spacial score (nSPS) is 12.4. The Morgan fingerprint density at radius 3 is 2.84 bits per heavy atom. The first kappa shape index (κ1) is 13.9. The van der Waals surface area contributed by atoms with Crippen LogP contribution in [0.25, 0.3) is 0 Å². The first-order chi connectivity index (χ1) is 9.13. The van der Waals surface area contributed by atoms with Gasteiger partial charge in [-0.3, -0.25) is 16.0 Å². The van der Waals surface area contributed by atoms with Gasteiger partial charge in [0.2, 0.25) is 0 Å². The molecule has 0 amide bonds. The van der Waals surface area contributed by atoms with Crippen molar-refractivity contribution in [2.75, 3.05) is 7.11 Å². The van der Waals surface area contributed by atoms with Crippen molar-refractivity contribution in [3.8, 4) is 5.75 Å². The fourth-order valence-corrected chi connectivity index (χ4v) is 2.17. The number of ether oxygens (including phenoxy) is 1. The summed E-state index contributed by atoms with van der Waals surface area (Å²) in [5, 5.41) is 4.98. The highest BCUT2D eigenvalue weighted by Crippen LogP contribution is 2.29. The summed E-state index contributed by atoms with van der Waals surface area (Å²) in [5.74, 6) is 6.36. The van der Waals surface area contributed by atoms with Crippen molar-refractivity contribution in [3.05, 3.63) is 46.7 Å². The topological polar surface area (TPSA) is 65.1 Å². The van der Waals surface area contributed by atoms with Crippen molar-refractivity contribution in [3.63, 3.8) is 0 Å². The maximum absolute atomic E-state index is 5.96. The Hall–Kier alpha value is -1.56. The summed E-state index contributed by atoms with van der Waals surface area (Å²) >= 11 is 5.96. The molecule has 0 fully saturated rings. The molecule has 3 N–H and O–H groups in total. The van der Waals surface area contributed by atoms with Gasteiger partial charge in [0.1, 0.15) is 5.75 Å². The average Bonchev–Trinajstić information content (AvgIpc) is 2.81. The molecule has 1 atom stereocenters. The Morgan fingerprint density at radius 2 is 2.26 bits per heavy atom. The molecule has 0 aliphatic carbocycles. The first-order valence-electron chi connectivity index (χ1n) is 5.92. The van der Waals surface area contributed by atoms with Crippen molar-refractivity contribution in [2.24, 2.45) is 12.9 Å². The number of nitrogens with zero attached hydrogens (tertiary/aromatic N) is 2. The molecule has 2 aromatic rings. The van der Waals surface area contributed by atoms with Gasteiger partial charge < -0.3 is 4.74 Å². The number of hydrogen-bond acceptors (Lipinski definition) is 4. The van der Waals surface area contributed by atoms with Crippen LogP contribution in [0.15, 0.2) is 30.5 Å². The molecular formula is C13H17ClN4O. The van der Waals surface area contributed by atoms with E-state index in [0.29, 0.717) is 17.2 Å². The Balaban J connectivity index is 2.26. The molecule has 1 aromatic carbocycles. The van der Waals surface area contributed by atoms with Crippen LogP contribution in [0, 0.1) is 0 Å². The second kappa shape index (κ2) is 6.06. The Kier molecular flexibility index (Phi) is 4.42. The number of hydrazine groups is 1. The van der Waals surface area contributed by atoms with Crippen LogP contribution >= 0.6 is 11.6 Å². The highest BCUT2D eigenvalue weighted by atomic mass is 35.5. The summed E-state index contributed by atoms with van der Waals surface area (Å²) in [6.45, 7) is 0. The van der Waals surface area contributed by atoms with Crippen molar-refractivity contribution in [1.82, 2.24) is 15.2 Å². The van der Waals surface area contributed by atoms with E-state index in [0.717, 1.165) is 11.3 Å². The third-order valence-corrected chi connectivity index (χ3v) is 3.19. The van der Waals surface area contributed by atoms with Gasteiger partial charge >= 0.3 is 0 Å². The van der Waals surface area contributed by atoms with Crippen LogP contribution in [0.5, 0.6) is 5.75 Å². The van der Waals surface area contributed by atoms with E-state index in [4.69, 9.17) is 22.2 Å². The van der Waals surface area contributed by atoms with Gasteiger partial charge in [-0.25, -0.2) is 0 Å². The van der Waals surface area contributed by atoms with Gasteiger partial charge in [-0.2, -0.15) is 5.10 Å². The number of nitrogens with two attached hydrogens (primary N) is 1. The van der Waals surface area contributed by atoms with E-state index in [9.17, 15) is 0 Å². The molecular weight excluding hydrogens is 264 g/mol. The van der Waals surface area contributed by atoms with Crippen LogP contribution in [0.4, 0.5) is 0 Å². The van der Waals surface area contributed by atoms with Crippen molar-refractivity contribution >= 4 is 11.6 Å². The van der Waals surface area contributed by atoms with Crippen LogP contribution in [0.1, 0.15) is 17.3 Å². The zero-order valence-corrected chi connectivity index (χ0v) is 11.7. The monoisotopic (exact) mass is 280 g/mol. The van der Waals surface area contributed by atoms with E-state index in [2.05, 4.69) is 10.5 Å². The molecule has 0 saturated heterocycles. The number of halogens is 1. The van der Waals surface area contributed by atoms with E-state index < -0.39 is 0 Å². The predicted octanol–water partition coefficient (Wildman–Crippen LogP) is 1.83. The van der Waals surface area contributed by atoms with E-state index in [-0.39, 0.29) is 6.04 Å². The number of rotatable bonds is 5. The fourth-order valence-electron chi connectivity index (χ4n) is 2.01. The second-order valence-corrected chi connectivity index (χ2v) is 4.73. The average molecular weight is 281 g/mol. The lowest BCUT2D eigenvalue weighted by Gasteiger charge is -2.18. The van der Waals surface area contributed by atoms with Crippen LogP contribution in [0.3, 0.4) is 0 Å². The minimum atomic E-state index is -0.0814. The maximum atomic E-state index is 5.96. The van der Waals surface area contributed by atoms with Gasteiger partial charge in [0.05, 0.1) is 18.8 Å². The lowest BCUT2D eigenvalue weighted by molar-refractivity contribution is 0.398. The van der Waals surface area contributed by atoms with Crippen molar-refractivity contribution in [1.29, 1.82) is 0 Å². The third kappa shape index (κ3) is 3.26. The van der Waals surface area contributed by atoms with Crippen molar-refractivity contribution in [2.45, 2.75) is 12.5 Å². The number of nitrogens with one attached hydrogen (secondary N) is 1. The molecule has 0 spiro atoms. The third-order valence-electron chi connectivity index (χ3n) is 2.95. The SMILES string of the molecule is COc1cc(Cl)ccc1C(Cc1ccn(C)n1)NN. The molecule has 0 radical (unpaired) electrons. The maximum Gasteiger partial charge on any atom is 0.125 e. The van der Waals surface area contributed by atoms with E-state index in [1.165, 1.54) is 0 Å². The Bertz CT molecular complexity index is 555. The highest BCUT2D eigenvalue weighted by Gasteiger charge is 2.17. The first-order valence-corrected chi connectivity index (χ1v) is 6.30. The molecule has 1 heterocycles. The second-order valence-electron chi connectivity index (χ2n) is 4.29. The lowest BCUT2D eigenvalue weighted by Crippen LogP contribution is -2.30. The predicted molar refractivity (Wildman–Crippen MR) is 75.0 cm³/mol. The molecule has 0 bridgehead atoms. The van der Waals surface area contributed by atoms with E-state index in [1.54, 1.807) is 17.9 Å². The van der Waals surface area contributed by atoms with Crippen LogP contribution in [0.2, 0.25) is 5.02 Å². The largest absolute Gasteiger partial charge is 0.496 e. The standard InChI is InChI=1S/C13H17ClN4O/c1-18-6-5-10(17-18)8-12(16-15)11-4-3-9(14)7-13(11)19-2/h3-7,12,16H,8,15H2,1-2H3. The van der Waals surface area contributed by atoms with Crippen molar-refractivity contribution < 1.29 is 4.74 Å². The molecule has 6 heteroatoms. The minimum Gasteiger partial charge on any atom is -0.496 e. The number of benzene rings is 1. The van der Waals surface area contributed by atoms with Gasteiger partial charge in [0.15, 0.2) is 0 Å². The van der Waals surface area contributed by atoms with E-state index >= 15 is 0 Å². The highest BCUT2D eigenvalue weighted by molar-refractivity contribution is 6.30. The number of hydrogen-bond donors (Lipinski definition) is 2.